The molecule has 0 unspecified atom stereocenters. The number of sulfonamides is 1. The summed E-state index contributed by atoms with van der Waals surface area (Å²) >= 11 is 6.24. The van der Waals surface area contributed by atoms with E-state index in [4.69, 9.17) is 16.3 Å². The average molecular weight is 394 g/mol. The molecule has 0 bridgehead atoms. The minimum Gasteiger partial charge on any atom is -0.482 e. The third-order valence-corrected chi connectivity index (χ3v) is 6.61. The quantitative estimate of drug-likeness (QED) is 0.842. The maximum absolute atomic E-state index is 13.3. The van der Waals surface area contributed by atoms with Gasteiger partial charge in [-0.05, 0) is 31.0 Å². The van der Waals surface area contributed by atoms with Gasteiger partial charge >= 0.3 is 0 Å². The number of anilines is 1. The summed E-state index contributed by atoms with van der Waals surface area (Å²) < 4.78 is 33.3. The van der Waals surface area contributed by atoms with Crippen LogP contribution in [-0.4, -0.2) is 36.3 Å². The fourth-order valence-electron chi connectivity index (χ4n) is 2.83. The molecule has 1 aromatic carbocycles. The standard InChI is InChI=1S/C17H16ClN3O4S/c18-13-7-14-15(25-10-17(22)20-14)8-16(13)26(23,24)21(12-4-5-12)9-11-3-1-2-6-19-11/h1-3,6-8,12H,4-5,9-10H2,(H,20,22). The van der Waals surface area contributed by atoms with Crippen LogP contribution in [0.1, 0.15) is 18.5 Å². The number of fused-ring (bicyclic) bond motifs is 1. The highest BCUT2D eigenvalue weighted by Crippen LogP contribution is 2.40. The van der Waals surface area contributed by atoms with Crippen molar-refractivity contribution in [1.82, 2.24) is 9.29 Å². The molecule has 26 heavy (non-hydrogen) atoms. The summed E-state index contributed by atoms with van der Waals surface area (Å²) in [6.45, 7) is 0.0211. The lowest BCUT2D eigenvalue weighted by atomic mass is 10.2. The summed E-state index contributed by atoms with van der Waals surface area (Å²) in [6.07, 6.45) is 3.25. The zero-order chi connectivity index (χ0) is 18.3. The minimum absolute atomic E-state index is 0.0307. The Morgan fingerprint density at radius 1 is 1.31 bits per heavy atom. The van der Waals surface area contributed by atoms with Gasteiger partial charge < -0.3 is 10.1 Å². The molecule has 0 spiro atoms. The summed E-state index contributed by atoms with van der Waals surface area (Å²) in [4.78, 5) is 15.6. The Labute approximate surface area is 156 Å². The van der Waals surface area contributed by atoms with Gasteiger partial charge in [0.1, 0.15) is 10.6 Å². The maximum Gasteiger partial charge on any atom is 0.262 e. The first-order valence-electron chi connectivity index (χ1n) is 8.13. The molecular weight excluding hydrogens is 378 g/mol. The number of pyridine rings is 1. The number of amides is 1. The number of nitrogens with zero attached hydrogens (tertiary/aromatic N) is 2. The monoisotopic (exact) mass is 393 g/mol. The van der Waals surface area contributed by atoms with E-state index >= 15 is 0 Å². The molecule has 1 amide bonds. The highest BCUT2D eigenvalue weighted by molar-refractivity contribution is 7.89. The van der Waals surface area contributed by atoms with E-state index < -0.39 is 10.0 Å². The number of rotatable bonds is 5. The summed E-state index contributed by atoms with van der Waals surface area (Å²) in [5.41, 5.74) is 1.04. The number of carbonyl (C=O) groups excluding carboxylic acids is 1. The number of hydrogen-bond donors (Lipinski definition) is 1. The van der Waals surface area contributed by atoms with Gasteiger partial charge in [-0.15, -0.1) is 0 Å². The van der Waals surface area contributed by atoms with Crippen molar-refractivity contribution in [2.24, 2.45) is 0 Å². The van der Waals surface area contributed by atoms with Crippen molar-refractivity contribution < 1.29 is 17.9 Å². The number of nitrogens with one attached hydrogen (secondary N) is 1. The molecule has 2 aromatic rings. The summed E-state index contributed by atoms with van der Waals surface area (Å²) in [7, 11) is -3.85. The largest absolute Gasteiger partial charge is 0.482 e. The first-order valence-corrected chi connectivity index (χ1v) is 9.95. The van der Waals surface area contributed by atoms with Gasteiger partial charge in [-0.1, -0.05) is 17.7 Å². The molecule has 9 heteroatoms. The van der Waals surface area contributed by atoms with Crippen LogP contribution in [0.2, 0.25) is 5.02 Å². The van der Waals surface area contributed by atoms with Crippen molar-refractivity contribution in [2.75, 3.05) is 11.9 Å². The van der Waals surface area contributed by atoms with Crippen LogP contribution in [0.3, 0.4) is 0 Å². The van der Waals surface area contributed by atoms with Crippen molar-refractivity contribution in [3.8, 4) is 5.75 Å². The number of hydrogen-bond acceptors (Lipinski definition) is 5. The number of benzene rings is 1. The van der Waals surface area contributed by atoms with E-state index in [2.05, 4.69) is 10.3 Å². The van der Waals surface area contributed by atoms with E-state index in [0.29, 0.717) is 17.1 Å². The lowest BCUT2D eigenvalue weighted by Gasteiger charge is -2.24. The zero-order valence-corrected chi connectivity index (χ0v) is 15.3. The van der Waals surface area contributed by atoms with E-state index in [1.165, 1.54) is 16.4 Å². The number of aromatic nitrogens is 1. The summed E-state index contributed by atoms with van der Waals surface area (Å²) in [5, 5.41) is 2.66. The van der Waals surface area contributed by atoms with E-state index in [1.807, 2.05) is 6.07 Å². The molecule has 2 heterocycles. The second-order valence-electron chi connectivity index (χ2n) is 6.22. The fourth-order valence-corrected chi connectivity index (χ4v) is 5.01. The topological polar surface area (TPSA) is 88.6 Å². The van der Waals surface area contributed by atoms with Crippen molar-refractivity contribution in [3.63, 3.8) is 0 Å². The number of ether oxygens (including phenoxy) is 1. The number of carbonyl (C=O) groups is 1. The summed E-state index contributed by atoms with van der Waals surface area (Å²) in [5.74, 6) is -0.0138. The van der Waals surface area contributed by atoms with Gasteiger partial charge in [0, 0.05) is 18.3 Å². The maximum atomic E-state index is 13.3. The fraction of sp³-hybridized carbons (Fsp3) is 0.294. The van der Waals surface area contributed by atoms with Crippen LogP contribution >= 0.6 is 11.6 Å². The Morgan fingerprint density at radius 2 is 2.12 bits per heavy atom. The van der Waals surface area contributed by atoms with Crippen LogP contribution in [0.5, 0.6) is 5.75 Å². The van der Waals surface area contributed by atoms with Crippen molar-refractivity contribution in [3.05, 3.63) is 47.2 Å². The van der Waals surface area contributed by atoms with Crippen molar-refractivity contribution >= 4 is 33.2 Å². The van der Waals surface area contributed by atoms with Gasteiger partial charge in [0.15, 0.2) is 6.61 Å². The highest BCUT2D eigenvalue weighted by atomic mass is 35.5. The van der Waals surface area contributed by atoms with E-state index in [9.17, 15) is 13.2 Å². The second kappa shape index (κ2) is 6.53. The molecule has 136 valence electrons. The van der Waals surface area contributed by atoms with E-state index in [-0.39, 0.29) is 35.0 Å². The van der Waals surface area contributed by atoms with Crippen LogP contribution in [0.4, 0.5) is 5.69 Å². The third-order valence-electron chi connectivity index (χ3n) is 4.25. The Balaban J connectivity index is 1.71. The Bertz CT molecular complexity index is 961. The van der Waals surface area contributed by atoms with Gasteiger partial charge in [-0.2, -0.15) is 4.31 Å². The van der Waals surface area contributed by atoms with Crippen LogP contribution in [0.15, 0.2) is 41.4 Å². The van der Waals surface area contributed by atoms with Gasteiger partial charge in [0.05, 0.1) is 22.9 Å². The van der Waals surface area contributed by atoms with Crippen LogP contribution in [0, 0.1) is 0 Å². The molecule has 1 aliphatic heterocycles. The molecular formula is C17H16ClN3O4S. The molecule has 0 radical (unpaired) electrons. The van der Waals surface area contributed by atoms with Crippen LogP contribution < -0.4 is 10.1 Å². The molecule has 7 nitrogen and oxygen atoms in total. The van der Waals surface area contributed by atoms with Gasteiger partial charge in [0.2, 0.25) is 10.0 Å². The SMILES string of the molecule is O=C1COc2cc(S(=O)(=O)N(Cc3ccccn3)C3CC3)c(Cl)cc2N1. The first-order chi connectivity index (χ1) is 12.4. The predicted octanol–water partition coefficient (Wildman–Crippen LogP) is 2.42. The molecule has 0 atom stereocenters. The minimum atomic E-state index is -3.85. The van der Waals surface area contributed by atoms with Crippen molar-refractivity contribution in [2.45, 2.75) is 30.3 Å². The van der Waals surface area contributed by atoms with Gasteiger partial charge in [-0.3, -0.25) is 9.78 Å². The second-order valence-corrected chi connectivity index (χ2v) is 8.48. The van der Waals surface area contributed by atoms with E-state index in [1.54, 1.807) is 18.3 Å². The molecule has 4 rings (SSSR count). The summed E-state index contributed by atoms with van der Waals surface area (Å²) in [6, 6.07) is 8.12. The lowest BCUT2D eigenvalue weighted by molar-refractivity contribution is -0.118. The van der Waals surface area contributed by atoms with Crippen molar-refractivity contribution in [1.29, 1.82) is 0 Å². The Morgan fingerprint density at radius 3 is 2.81 bits per heavy atom. The van der Waals surface area contributed by atoms with Gasteiger partial charge in [-0.25, -0.2) is 8.42 Å². The van der Waals surface area contributed by atoms with Crippen LogP contribution in [-0.2, 0) is 21.4 Å². The van der Waals surface area contributed by atoms with Crippen LogP contribution in [0.25, 0.3) is 0 Å². The average Bonchev–Trinajstić information content (AvgIpc) is 3.44. The smallest absolute Gasteiger partial charge is 0.262 e. The molecule has 2 aliphatic rings. The Kier molecular flexibility index (Phi) is 4.34. The lowest BCUT2D eigenvalue weighted by Crippen LogP contribution is -2.33. The normalized spacial score (nSPS) is 16.8. The predicted molar refractivity (Wildman–Crippen MR) is 95.6 cm³/mol. The Hall–Kier alpha value is -2.16. The molecule has 1 N–H and O–H groups in total. The number of halogens is 1. The molecule has 1 aliphatic carbocycles. The molecule has 1 fully saturated rings. The highest BCUT2D eigenvalue weighted by Gasteiger charge is 2.39. The molecule has 0 saturated heterocycles. The molecule has 1 aromatic heterocycles. The first kappa shape index (κ1) is 17.3. The molecule has 1 saturated carbocycles. The van der Waals surface area contributed by atoms with Gasteiger partial charge in [0.25, 0.3) is 5.91 Å². The third kappa shape index (κ3) is 3.27. The van der Waals surface area contributed by atoms with E-state index in [0.717, 1.165) is 12.8 Å². The zero-order valence-electron chi connectivity index (χ0n) is 13.7.